The highest BCUT2D eigenvalue weighted by Gasteiger charge is 2.11. The van der Waals surface area contributed by atoms with E-state index in [0.29, 0.717) is 11.3 Å². The van der Waals surface area contributed by atoms with Crippen molar-refractivity contribution in [3.05, 3.63) is 48.0 Å². The number of methoxy groups -OCH3 is 2. The van der Waals surface area contributed by atoms with Gasteiger partial charge in [0.1, 0.15) is 11.8 Å². The number of carbonyl (C=O) groups excluding carboxylic acids is 1. The van der Waals surface area contributed by atoms with Gasteiger partial charge in [0.2, 0.25) is 0 Å². The zero-order valence-electron chi connectivity index (χ0n) is 14.3. The molecule has 2 aromatic carbocycles. The standard InChI is InChI=1S/C18H21N3O4/c1-12(20-14-5-7-15(24-2)8-6-14)18(23)21-19-11-13-4-9-16(22)17(10-13)25-3/h4-12,20,22H,1-3H3,(H,21,23)/b19-11-/t12-/m1/s1. The molecule has 25 heavy (non-hydrogen) atoms. The molecule has 0 saturated heterocycles. The molecule has 0 aliphatic carbocycles. The monoisotopic (exact) mass is 343 g/mol. The molecule has 0 aromatic heterocycles. The average Bonchev–Trinajstić information content (AvgIpc) is 2.63. The summed E-state index contributed by atoms with van der Waals surface area (Å²) in [6.07, 6.45) is 1.47. The average molecular weight is 343 g/mol. The van der Waals surface area contributed by atoms with Crippen molar-refractivity contribution in [3.8, 4) is 17.2 Å². The lowest BCUT2D eigenvalue weighted by molar-refractivity contribution is -0.121. The van der Waals surface area contributed by atoms with Crippen molar-refractivity contribution in [2.75, 3.05) is 19.5 Å². The minimum Gasteiger partial charge on any atom is -0.504 e. The Hall–Kier alpha value is -3.22. The first-order valence-electron chi connectivity index (χ1n) is 7.64. The number of phenolic OH excluding ortho intramolecular Hbond substituents is 1. The van der Waals surface area contributed by atoms with Gasteiger partial charge < -0.3 is 19.9 Å². The Balaban J connectivity index is 1.90. The number of nitrogens with zero attached hydrogens (tertiary/aromatic N) is 1. The van der Waals surface area contributed by atoms with E-state index in [1.807, 2.05) is 24.3 Å². The number of benzene rings is 2. The second-order valence-corrected chi connectivity index (χ2v) is 5.26. The summed E-state index contributed by atoms with van der Waals surface area (Å²) in [4.78, 5) is 12.1. The number of rotatable bonds is 7. The van der Waals surface area contributed by atoms with Crippen molar-refractivity contribution in [2.24, 2.45) is 5.10 Å². The molecule has 3 N–H and O–H groups in total. The second-order valence-electron chi connectivity index (χ2n) is 5.26. The summed E-state index contributed by atoms with van der Waals surface area (Å²) in [5.41, 5.74) is 3.95. The number of hydrogen-bond acceptors (Lipinski definition) is 6. The number of hydrazone groups is 1. The fourth-order valence-corrected chi connectivity index (χ4v) is 2.04. The van der Waals surface area contributed by atoms with Crippen LogP contribution in [-0.2, 0) is 4.79 Å². The fraction of sp³-hybridized carbons (Fsp3) is 0.222. The summed E-state index contributed by atoms with van der Waals surface area (Å²) in [5.74, 6) is 0.847. The summed E-state index contributed by atoms with van der Waals surface area (Å²) in [7, 11) is 3.06. The molecule has 2 aromatic rings. The zero-order chi connectivity index (χ0) is 18.2. The first-order valence-corrected chi connectivity index (χ1v) is 7.64. The molecule has 0 radical (unpaired) electrons. The number of amides is 1. The third kappa shape index (κ3) is 5.13. The Bertz CT molecular complexity index is 744. The molecule has 0 bridgehead atoms. The summed E-state index contributed by atoms with van der Waals surface area (Å²) in [6.45, 7) is 1.73. The molecule has 0 heterocycles. The molecule has 1 amide bonds. The molecule has 2 rings (SSSR count). The molecular weight excluding hydrogens is 322 g/mol. The molecule has 0 aliphatic heterocycles. The Morgan fingerprint density at radius 1 is 1.16 bits per heavy atom. The van der Waals surface area contributed by atoms with Crippen LogP contribution >= 0.6 is 0 Å². The Labute approximate surface area is 146 Å². The van der Waals surface area contributed by atoms with Crippen LogP contribution in [0.5, 0.6) is 17.2 Å². The molecule has 0 saturated carbocycles. The number of hydrogen-bond donors (Lipinski definition) is 3. The maximum absolute atomic E-state index is 12.1. The van der Waals surface area contributed by atoms with E-state index in [1.165, 1.54) is 19.4 Å². The van der Waals surface area contributed by atoms with Crippen molar-refractivity contribution in [1.82, 2.24) is 5.43 Å². The van der Waals surface area contributed by atoms with Gasteiger partial charge in [-0.15, -0.1) is 0 Å². The Kier molecular flexibility index (Phi) is 6.22. The molecular formula is C18H21N3O4. The van der Waals surface area contributed by atoms with Gasteiger partial charge in [-0.1, -0.05) is 0 Å². The molecule has 0 spiro atoms. The number of phenols is 1. The SMILES string of the molecule is COc1ccc(N[C@H](C)C(=O)N/N=C\c2ccc(O)c(OC)c2)cc1. The molecule has 132 valence electrons. The maximum atomic E-state index is 12.1. The van der Waals surface area contributed by atoms with Crippen LogP contribution in [0.2, 0.25) is 0 Å². The normalized spacial score (nSPS) is 11.8. The van der Waals surface area contributed by atoms with Crippen LogP contribution in [0, 0.1) is 0 Å². The van der Waals surface area contributed by atoms with Gasteiger partial charge in [-0.25, -0.2) is 5.43 Å². The van der Waals surface area contributed by atoms with E-state index in [9.17, 15) is 9.90 Å². The largest absolute Gasteiger partial charge is 0.504 e. The number of ether oxygens (including phenoxy) is 2. The number of aromatic hydroxyl groups is 1. The highest BCUT2D eigenvalue weighted by molar-refractivity contribution is 5.86. The lowest BCUT2D eigenvalue weighted by Crippen LogP contribution is -2.34. The quantitative estimate of drug-likeness (QED) is 0.530. The molecule has 0 aliphatic rings. The van der Waals surface area contributed by atoms with Crippen LogP contribution in [-0.4, -0.2) is 37.5 Å². The van der Waals surface area contributed by atoms with Gasteiger partial charge >= 0.3 is 0 Å². The number of nitrogens with one attached hydrogen (secondary N) is 2. The van der Waals surface area contributed by atoms with Crippen LogP contribution in [0.1, 0.15) is 12.5 Å². The molecule has 7 nitrogen and oxygen atoms in total. The third-order valence-corrected chi connectivity index (χ3v) is 3.46. The molecule has 0 fully saturated rings. The van der Waals surface area contributed by atoms with E-state index in [2.05, 4.69) is 15.8 Å². The van der Waals surface area contributed by atoms with E-state index in [-0.39, 0.29) is 11.7 Å². The van der Waals surface area contributed by atoms with Gasteiger partial charge in [0, 0.05) is 5.69 Å². The minimum absolute atomic E-state index is 0.0426. The minimum atomic E-state index is -0.472. The lowest BCUT2D eigenvalue weighted by atomic mass is 10.2. The van der Waals surface area contributed by atoms with Crippen LogP contribution in [0.15, 0.2) is 47.6 Å². The second kappa shape index (κ2) is 8.58. The third-order valence-electron chi connectivity index (χ3n) is 3.46. The molecule has 7 heteroatoms. The number of carbonyl (C=O) groups is 1. The van der Waals surface area contributed by atoms with Crippen molar-refractivity contribution in [3.63, 3.8) is 0 Å². The van der Waals surface area contributed by atoms with E-state index in [4.69, 9.17) is 9.47 Å². The number of anilines is 1. The van der Waals surface area contributed by atoms with Gasteiger partial charge in [0.15, 0.2) is 11.5 Å². The van der Waals surface area contributed by atoms with Gasteiger partial charge in [-0.05, 0) is 55.0 Å². The predicted octanol–water partition coefficient (Wildman–Crippen LogP) is 2.36. The smallest absolute Gasteiger partial charge is 0.262 e. The first kappa shape index (κ1) is 18.1. The predicted molar refractivity (Wildman–Crippen MR) is 96.5 cm³/mol. The molecule has 1 atom stereocenters. The van der Waals surface area contributed by atoms with E-state index < -0.39 is 6.04 Å². The Morgan fingerprint density at radius 3 is 2.52 bits per heavy atom. The van der Waals surface area contributed by atoms with Crippen molar-refractivity contribution >= 4 is 17.8 Å². The first-order chi connectivity index (χ1) is 12.0. The van der Waals surface area contributed by atoms with E-state index in [1.54, 1.807) is 26.2 Å². The highest BCUT2D eigenvalue weighted by Crippen LogP contribution is 2.25. The highest BCUT2D eigenvalue weighted by atomic mass is 16.5. The maximum Gasteiger partial charge on any atom is 0.262 e. The van der Waals surface area contributed by atoms with Gasteiger partial charge in [-0.2, -0.15) is 5.10 Å². The topological polar surface area (TPSA) is 92.2 Å². The van der Waals surface area contributed by atoms with Crippen LogP contribution in [0.4, 0.5) is 5.69 Å². The fourth-order valence-electron chi connectivity index (χ4n) is 2.04. The lowest BCUT2D eigenvalue weighted by Gasteiger charge is -2.13. The van der Waals surface area contributed by atoms with Gasteiger partial charge in [0.05, 0.1) is 20.4 Å². The van der Waals surface area contributed by atoms with Crippen LogP contribution in [0.25, 0.3) is 0 Å². The van der Waals surface area contributed by atoms with Crippen molar-refractivity contribution in [1.29, 1.82) is 0 Å². The van der Waals surface area contributed by atoms with E-state index in [0.717, 1.165) is 11.4 Å². The summed E-state index contributed by atoms with van der Waals surface area (Å²) in [5, 5.41) is 16.5. The van der Waals surface area contributed by atoms with Gasteiger partial charge in [0.25, 0.3) is 5.91 Å². The van der Waals surface area contributed by atoms with Crippen molar-refractivity contribution < 1.29 is 19.4 Å². The summed E-state index contributed by atoms with van der Waals surface area (Å²) < 4.78 is 10.1. The summed E-state index contributed by atoms with van der Waals surface area (Å²) in [6, 6.07) is 11.6. The summed E-state index contributed by atoms with van der Waals surface area (Å²) >= 11 is 0. The van der Waals surface area contributed by atoms with E-state index >= 15 is 0 Å². The Morgan fingerprint density at radius 2 is 1.88 bits per heavy atom. The van der Waals surface area contributed by atoms with Crippen LogP contribution < -0.4 is 20.2 Å². The zero-order valence-corrected chi connectivity index (χ0v) is 14.3. The van der Waals surface area contributed by atoms with Gasteiger partial charge in [-0.3, -0.25) is 4.79 Å². The van der Waals surface area contributed by atoms with Crippen molar-refractivity contribution in [2.45, 2.75) is 13.0 Å². The molecule has 0 unspecified atom stereocenters. The van der Waals surface area contributed by atoms with Crippen LogP contribution in [0.3, 0.4) is 0 Å².